The van der Waals surface area contributed by atoms with E-state index in [1.807, 2.05) is 13.2 Å². The topological polar surface area (TPSA) is 71.1 Å². The minimum Gasteiger partial charge on any atom is -0.372 e. The molecule has 1 atom stereocenters. The molecule has 0 fully saturated rings. The molecule has 0 aliphatic carbocycles. The van der Waals surface area contributed by atoms with Gasteiger partial charge in [-0.05, 0) is 28.3 Å². The lowest BCUT2D eigenvalue weighted by molar-refractivity contribution is 0.581. The van der Waals surface area contributed by atoms with Crippen LogP contribution >= 0.6 is 27.7 Å². The first-order chi connectivity index (χ1) is 8.40. The number of hydrogen-bond acceptors (Lipinski definition) is 5. The number of halogens is 1. The van der Waals surface area contributed by atoms with Gasteiger partial charge in [0.15, 0.2) is 0 Å². The first kappa shape index (κ1) is 15.7. The van der Waals surface area contributed by atoms with Crippen LogP contribution in [0.15, 0.2) is 21.6 Å². The minimum atomic E-state index is -3.55. The van der Waals surface area contributed by atoms with E-state index in [0.29, 0.717) is 16.8 Å². The fourth-order valence-electron chi connectivity index (χ4n) is 1.20. The first-order valence-electron chi connectivity index (χ1n) is 5.26. The van der Waals surface area contributed by atoms with Crippen LogP contribution in [-0.4, -0.2) is 38.5 Å². The highest BCUT2D eigenvalue weighted by Gasteiger charge is 2.20. The van der Waals surface area contributed by atoms with E-state index in [0.717, 1.165) is 0 Å². The number of aromatic nitrogens is 1. The van der Waals surface area contributed by atoms with E-state index in [9.17, 15) is 8.42 Å². The van der Waals surface area contributed by atoms with Crippen LogP contribution in [-0.2, 0) is 10.0 Å². The minimum absolute atomic E-state index is 0.146. The van der Waals surface area contributed by atoms with Crippen molar-refractivity contribution in [2.24, 2.45) is 0 Å². The summed E-state index contributed by atoms with van der Waals surface area (Å²) in [5.41, 5.74) is 0. The van der Waals surface area contributed by atoms with E-state index in [1.165, 1.54) is 6.07 Å². The van der Waals surface area contributed by atoms with Gasteiger partial charge in [0, 0.05) is 29.5 Å². The molecule has 0 aromatic carbocycles. The van der Waals surface area contributed by atoms with Crippen molar-refractivity contribution in [1.82, 2.24) is 9.71 Å². The fourth-order valence-corrected chi connectivity index (χ4v) is 3.36. The molecule has 0 saturated heterocycles. The van der Waals surface area contributed by atoms with E-state index in [1.54, 1.807) is 25.0 Å². The number of anilines is 1. The summed E-state index contributed by atoms with van der Waals surface area (Å²) in [5.74, 6) is 0.336. The quantitative estimate of drug-likeness (QED) is 0.817. The van der Waals surface area contributed by atoms with E-state index < -0.39 is 10.0 Å². The molecule has 0 bridgehead atoms. The van der Waals surface area contributed by atoms with Crippen molar-refractivity contribution in [3.05, 3.63) is 16.7 Å². The Morgan fingerprint density at radius 3 is 2.78 bits per heavy atom. The molecule has 1 aromatic rings. The third-order valence-electron chi connectivity index (χ3n) is 2.31. The number of rotatable bonds is 6. The van der Waals surface area contributed by atoms with Gasteiger partial charge >= 0.3 is 0 Å². The molecular formula is C10H16BrN3O2S2. The highest BCUT2D eigenvalue weighted by molar-refractivity contribution is 9.10. The molecule has 0 saturated carbocycles. The van der Waals surface area contributed by atoms with Crippen molar-refractivity contribution < 1.29 is 8.42 Å². The average molecular weight is 354 g/mol. The maximum atomic E-state index is 12.2. The van der Waals surface area contributed by atoms with E-state index >= 15 is 0 Å². The highest BCUT2D eigenvalue weighted by atomic mass is 79.9. The molecule has 5 nitrogen and oxygen atoms in total. The molecule has 0 aliphatic heterocycles. The Hall–Kier alpha value is -0.310. The third-order valence-corrected chi connectivity index (χ3v) is 5.15. The Labute approximate surface area is 120 Å². The smallest absolute Gasteiger partial charge is 0.244 e. The van der Waals surface area contributed by atoms with Crippen LogP contribution in [0.5, 0.6) is 0 Å². The molecule has 1 heterocycles. The molecule has 0 aliphatic rings. The Bertz CT molecular complexity index is 508. The highest BCUT2D eigenvalue weighted by Crippen LogP contribution is 2.22. The molecule has 18 heavy (non-hydrogen) atoms. The summed E-state index contributed by atoms with van der Waals surface area (Å²) in [6.45, 7) is 2.35. The van der Waals surface area contributed by atoms with Gasteiger partial charge < -0.3 is 5.32 Å². The van der Waals surface area contributed by atoms with Crippen LogP contribution in [0.1, 0.15) is 6.92 Å². The molecule has 102 valence electrons. The number of thioether (sulfide) groups is 1. The van der Waals surface area contributed by atoms with Gasteiger partial charge in [0.2, 0.25) is 10.0 Å². The first-order valence-corrected chi connectivity index (χ1v) is 8.83. The van der Waals surface area contributed by atoms with Crippen LogP contribution in [0.25, 0.3) is 0 Å². The van der Waals surface area contributed by atoms with Gasteiger partial charge in [0.25, 0.3) is 0 Å². The molecule has 1 unspecified atom stereocenters. The largest absolute Gasteiger partial charge is 0.372 e. The van der Waals surface area contributed by atoms with Crippen molar-refractivity contribution in [3.63, 3.8) is 0 Å². The molecule has 1 rings (SSSR count). The van der Waals surface area contributed by atoms with E-state index in [2.05, 4.69) is 31.0 Å². The van der Waals surface area contributed by atoms with Crippen LogP contribution in [0, 0.1) is 0 Å². The molecule has 0 spiro atoms. The molecular weight excluding hydrogens is 338 g/mol. The molecule has 0 radical (unpaired) electrons. The zero-order valence-electron chi connectivity index (χ0n) is 10.4. The second-order valence-corrected chi connectivity index (χ2v) is 7.58. The zero-order valence-corrected chi connectivity index (χ0v) is 13.6. The monoisotopic (exact) mass is 353 g/mol. The molecule has 8 heteroatoms. The Kier molecular flexibility index (Phi) is 5.90. The van der Waals surface area contributed by atoms with E-state index in [4.69, 9.17) is 0 Å². The van der Waals surface area contributed by atoms with Gasteiger partial charge in [0.1, 0.15) is 10.7 Å². The van der Waals surface area contributed by atoms with Crippen molar-refractivity contribution in [3.8, 4) is 0 Å². The van der Waals surface area contributed by atoms with Crippen molar-refractivity contribution in [2.45, 2.75) is 17.1 Å². The van der Waals surface area contributed by atoms with E-state index in [-0.39, 0.29) is 10.1 Å². The zero-order chi connectivity index (χ0) is 13.8. The Balaban J connectivity index is 3.00. The number of pyridine rings is 1. The molecule has 2 N–H and O–H groups in total. The summed E-state index contributed by atoms with van der Waals surface area (Å²) in [6, 6.07) is 1.53. The second-order valence-electron chi connectivity index (χ2n) is 3.65. The number of sulfonamides is 1. The van der Waals surface area contributed by atoms with Crippen molar-refractivity contribution in [2.75, 3.05) is 25.2 Å². The maximum absolute atomic E-state index is 12.2. The fraction of sp³-hybridized carbons (Fsp3) is 0.500. The molecule has 1 aromatic heterocycles. The molecule has 0 amide bonds. The lowest BCUT2D eigenvalue weighted by Gasteiger charge is -2.13. The van der Waals surface area contributed by atoms with Crippen LogP contribution in [0.2, 0.25) is 0 Å². The summed E-state index contributed by atoms with van der Waals surface area (Å²) in [6.07, 6.45) is 3.49. The second kappa shape index (κ2) is 6.74. The van der Waals surface area contributed by atoms with Gasteiger partial charge in [0.05, 0.1) is 0 Å². The Morgan fingerprint density at radius 1 is 1.56 bits per heavy atom. The van der Waals surface area contributed by atoms with Gasteiger partial charge in [-0.25, -0.2) is 18.1 Å². The normalized spacial score (nSPS) is 13.3. The standard InChI is InChI=1S/C10H16BrN3O2S2/c1-7(17-3)5-14-18(15,16)9-4-8(11)6-13-10(9)12-2/h4,6-7,14H,5H2,1-3H3,(H,12,13). The number of nitrogens with zero attached hydrogens (tertiary/aromatic N) is 1. The van der Waals surface area contributed by atoms with Gasteiger partial charge in [-0.2, -0.15) is 11.8 Å². The summed E-state index contributed by atoms with van der Waals surface area (Å²) in [4.78, 5) is 4.17. The average Bonchev–Trinajstić information content (AvgIpc) is 2.36. The SMILES string of the molecule is CNc1ncc(Br)cc1S(=O)(=O)NCC(C)SC. The predicted octanol–water partition coefficient (Wildman–Crippen LogP) is 1.92. The van der Waals surface area contributed by atoms with Crippen LogP contribution in [0.4, 0.5) is 5.82 Å². The van der Waals surface area contributed by atoms with Gasteiger partial charge in [-0.1, -0.05) is 6.92 Å². The van der Waals surface area contributed by atoms with Crippen LogP contribution in [0.3, 0.4) is 0 Å². The lowest BCUT2D eigenvalue weighted by atomic mass is 10.4. The van der Waals surface area contributed by atoms with Crippen molar-refractivity contribution >= 4 is 43.5 Å². The Morgan fingerprint density at radius 2 is 2.22 bits per heavy atom. The number of hydrogen-bond donors (Lipinski definition) is 2. The summed E-state index contributed by atoms with van der Waals surface area (Å²) in [7, 11) is -1.91. The predicted molar refractivity (Wildman–Crippen MR) is 79.6 cm³/mol. The number of nitrogens with one attached hydrogen (secondary N) is 2. The maximum Gasteiger partial charge on any atom is 0.244 e. The van der Waals surface area contributed by atoms with Gasteiger partial charge in [-0.3, -0.25) is 0 Å². The summed E-state index contributed by atoms with van der Waals surface area (Å²) < 4.78 is 27.5. The van der Waals surface area contributed by atoms with Crippen LogP contribution < -0.4 is 10.0 Å². The summed E-state index contributed by atoms with van der Waals surface area (Å²) in [5, 5.41) is 2.99. The lowest BCUT2D eigenvalue weighted by Crippen LogP contribution is -2.30. The van der Waals surface area contributed by atoms with Crippen molar-refractivity contribution in [1.29, 1.82) is 0 Å². The third kappa shape index (κ3) is 4.11. The van der Waals surface area contributed by atoms with Gasteiger partial charge in [-0.15, -0.1) is 0 Å². The summed E-state index contributed by atoms with van der Waals surface area (Å²) >= 11 is 4.83.